The van der Waals surface area contributed by atoms with Crippen LogP contribution in [-0.2, 0) is 0 Å². The van der Waals surface area contributed by atoms with Crippen LogP contribution < -0.4 is 5.32 Å². The van der Waals surface area contributed by atoms with E-state index in [2.05, 4.69) is 25.2 Å². The number of nitrogens with one attached hydrogen (secondary N) is 1. The zero-order chi connectivity index (χ0) is 12.6. The lowest BCUT2D eigenvalue weighted by Crippen LogP contribution is -2.58. The van der Waals surface area contributed by atoms with E-state index in [0.29, 0.717) is 12.0 Å². The quantitative estimate of drug-likeness (QED) is 0.734. The minimum absolute atomic E-state index is 0.332. The molecule has 96 valence electrons. The monoisotopic (exact) mass is 236 g/mol. The summed E-state index contributed by atoms with van der Waals surface area (Å²) in [6.07, 6.45) is 5.52. The van der Waals surface area contributed by atoms with Crippen molar-refractivity contribution >= 4 is 0 Å². The SMILES string of the molecule is CC1(C)CCC(C#N)(C2(O)CCCNC2)CC1. The van der Waals surface area contributed by atoms with E-state index in [-0.39, 0.29) is 0 Å². The smallest absolute Gasteiger partial charge is 0.0957 e. The summed E-state index contributed by atoms with van der Waals surface area (Å²) in [5.74, 6) is 0. The molecular weight excluding hydrogens is 212 g/mol. The fraction of sp³-hybridized carbons (Fsp3) is 0.929. The van der Waals surface area contributed by atoms with Gasteiger partial charge in [-0.05, 0) is 50.5 Å². The predicted octanol–water partition coefficient (Wildman–Crippen LogP) is 2.21. The second kappa shape index (κ2) is 4.26. The molecular formula is C14H24N2O. The van der Waals surface area contributed by atoms with E-state index in [1.165, 1.54) is 0 Å². The average molecular weight is 236 g/mol. The van der Waals surface area contributed by atoms with Crippen molar-refractivity contribution in [3.05, 3.63) is 0 Å². The van der Waals surface area contributed by atoms with Crippen LogP contribution in [0.4, 0.5) is 0 Å². The van der Waals surface area contributed by atoms with Crippen LogP contribution in [0.25, 0.3) is 0 Å². The number of hydrogen-bond acceptors (Lipinski definition) is 3. The van der Waals surface area contributed by atoms with Crippen molar-refractivity contribution < 1.29 is 5.11 Å². The molecule has 0 aromatic carbocycles. The highest BCUT2D eigenvalue weighted by molar-refractivity contribution is 5.15. The number of nitriles is 1. The summed E-state index contributed by atoms with van der Waals surface area (Å²) in [7, 11) is 0. The third-order valence-corrected chi connectivity index (χ3v) is 4.92. The van der Waals surface area contributed by atoms with Gasteiger partial charge in [-0.25, -0.2) is 0 Å². The van der Waals surface area contributed by atoms with Crippen molar-refractivity contribution in [2.24, 2.45) is 10.8 Å². The second-order valence-corrected chi connectivity index (χ2v) is 6.67. The Labute approximate surface area is 104 Å². The third-order valence-electron chi connectivity index (χ3n) is 4.92. The Kier molecular flexibility index (Phi) is 3.22. The Morgan fingerprint density at radius 1 is 1.12 bits per heavy atom. The van der Waals surface area contributed by atoms with Crippen molar-refractivity contribution in [2.75, 3.05) is 13.1 Å². The van der Waals surface area contributed by atoms with E-state index in [4.69, 9.17) is 0 Å². The first-order valence-electron chi connectivity index (χ1n) is 6.78. The van der Waals surface area contributed by atoms with Crippen LogP contribution in [-0.4, -0.2) is 23.8 Å². The van der Waals surface area contributed by atoms with Gasteiger partial charge < -0.3 is 10.4 Å². The Bertz CT molecular complexity index is 314. The fourth-order valence-corrected chi connectivity index (χ4v) is 3.33. The second-order valence-electron chi connectivity index (χ2n) is 6.67. The standard InChI is InChI=1S/C14H24N2O/c1-12(2)5-7-13(10-15,8-6-12)14(17)4-3-9-16-11-14/h16-17H,3-9,11H2,1-2H3. The Balaban J connectivity index is 2.18. The minimum atomic E-state index is -0.809. The molecule has 1 atom stereocenters. The molecule has 2 rings (SSSR count). The van der Waals surface area contributed by atoms with Crippen LogP contribution in [0.3, 0.4) is 0 Å². The number of rotatable bonds is 1. The number of nitrogens with zero attached hydrogens (tertiary/aromatic N) is 1. The van der Waals surface area contributed by atoms with Gasteiger partial charge in [-0.1, -0.05) is 13.8 Å². The van der Waals surface area contributed by atoms with Crippen molar-refractivity contribution in [1.29, 1.82) is 5.26 Å². The molecule has 2 N–H and O–H groups in total. The number of aliphatic hydroxyl groups is 1. The normalized spacial score (nSPS) is 36.1. The Morgan fingerprint density at radius 2 is 1.76 bits per heavy atom. The maximum atomic E-state index is 10.8. The number of piperidine rings is 1. The van der Waals surface area contributed by atoms with Gasteiger partial charge in [0.2, 0.25) is 0 Å². The summed E-state index contributed by atoms with van der Waals surface area (Å²) in [6.45, 7) is 6.07. The number of β-amino-alcohol motifs (C(OH)–C–C–N with tert-alkyl or cyclic N) is 1. The fourth-order valence-electron chi connectivity index (χ4n) is 3.33. The van der Waals surface area contributed by atoms with Crippen LogP contribution >= 0.6 is 0 Å². The maximum Gasteiger partial charge on any atom is 0.0957 e. The molecule has 0 radical (unpaired) electrons. The topological polar surface area (TPSA) is 56.0 Å². The summed E-state index contributed by atoms with van der Waals surface area (Å²) in [5.41, 5.74) is -0.995. The van der Waals surface area contributed by atoms with Crippen molar-refractivity contribution in [1.82, 2.24) is 5.32 Å². The van der Waals surface area contributed by atoms with Crippen LogP contribution in [0.15, 0.2) is 0 Å². The van der Waals surface area contributed by atoms with Gasteiger partial charge in [0.1, 0.15) is 0 Å². The van der Waals surface area contributed by atoms with E-state index in [1.54, 1.807) is 0 Å². The zero-order valence-corrected chi connectivity index (χ0v) is 11.1. The zero-order valence-electron chi connectivity index (χ0n) is 11.1. The third kappa shape index (κ3) is 2.21. The molecule has 0 bridgehead atoms. The molecule has 0 aromatic heterocycles. The van der Waals surface area contributed by atoms with E-state index < -0.39 is 11.0 Å². The van der Waals surface area contributed by atoms with Gasteiger partial charge in [0.05, 0.1) is 17.1 Å². The van der Waals surface area contributed by atoms with Crippen molar-refractivity contribution in [3.63, 3.8) is 0 Å². The van der Waals surface area contributed by atoms with Gasteiger partial charge in [-0.15, -0.1) is 0 Å². The first kappa shape index (κ1) is 12.9. The molecule has 2 aliphatic rings. The minimum Gasteiger partial charge on any atom is -0.387 e. The van der Waals surface area contributed by atoms with E-state index in [0.717, 1.165) is 45.1 Å². The van der Waals surface area contributed by atoms with Crippen molar-refractivity contribution in [3.8, 4) is 6.07 Å². The molecule has 0 aromatic rings. The molecule has 1 aliphatic heterocycles. The highest BCUT2D eigenvalue weighted by Gasteiger charge is 2.53. The summed E-state index contributed by atoms with van der Waals surface area (Å²) in [6, 6.07) is 2.48. The van der Waals surface area contributed by atoms with E-state index >= 15 is 0 Å². The molecule has 3 nitrogen and oxygen atoms in total. The lowest BCUT2D eigenvalue weighted by molar-refractivity contribution is -0.0978. The molecule has 3 heteroatoms. The molecule has 2 fully saturated rings. The highest BCUT2D eigenvalue weighted by Crippen LogP contribution is 2.51. The summed E-state index contributed by atoms with van der Waals surface area (Å²) in [4.78, 5) is 0. The van der Waals surface area contributed by atoms with Gasteiger partial charge >= 0.3 is 0 Å². The van der Waals surface area contributed by atoms with Gasteiger partial charge in [-0.2, -0.15) is 5.26 Å². The van der Waals surface area contributed by atoms with Crippen LogP contribution in [0.2, 0.25) is 0 Å². The van der Waals surface area contributed by atoms with Crippen LogP contribution in [0, 0.1) is 22.2 Å². The van der Waals surface area contributed by atoms with E-state index in [9.17, 15) is 10.4 Å². The van der Waals surface area contributed by atoms with Crippen molar-refractivity contribution in [2.45, 2.75) is 58.0 Å². The Morgan fingerprint density at radius 3 is 2.24 bits per heavy atom. The summed E-state index contributed by atoms with van der Waals surface area (Å²) >= 11 is 0. The molecule has 1 heterocycles. The van der Waals surface area contributed by atoms with E-state index in [1.807, 2.05) is 0 Å². The molecule has 1 saturated heterocycles. The Hall–Kier alpha value is -0.590. The summed E-state index contributed by atoms with van der Waals surface area (Å²) < 4.78 is 0. The largest absolute Gasteiger partial charge is 0.387 e. The molecule has 1 unspecified atom stereocenters. The molecule has 0 spiro atoms. The lowest BCUT2D eigenvalue weighted by Gasteiger charge is -2.50. The maximum absolute atomic E-state index is 10.8. The summed E-state index contributed by atoms with van der Waals surface area (Å²) in [5, 5.41) is 23.7. The molecule has 17 heavy (non-hydrogen) atoms. The highest BCUT2D eigenvalue weighted by atomic mass is 16.3. The first-order valence-corrected chi connectivity index (χ1v) is 6.78. The molecule has 1 saturated carbocycles. The average Bonchev–Trinajstić information content (AvgIpc) is 2.30. The van der Waals surface area contributed by atoms with Gasteiger partial charge in [0.25, 0.3) is 0 Å². The lowest BCUT2D eigenvalue weighted by atomic mass is 9.57. The molecule has 1 aliphatic carbocycles. The molecule has 0 amide bonds. The number of hydrogen-bond donors (Lipinski definition) is 2. The van der Waals surface area contributed by atoms with Crippen LogP contribution in [0.5, 0.6) is 0 Å². The van der Waals surface area contributed by atoms with Crippen LogP contribution in [0.1, 0.15) is 52.4 Å². The van der Waals surface area contributed by atoms with Gasteiger partial charge in [0, 0.05) is 6.54 Å². The van der Waals surface area contributed by atoms with Gasteiger partial charge in [-0.3, -0.25) is 0 Å². The van der Waals surface area contributed by atoms with Gasteiger partial charge in [0.15, 0.2) is 0 Å². The first-order chi connectivity index (χ1) is 7.93. The predicted molar refractivity (Wildman–Crippen MR) is 67.3 cm³/mol.